The monoisotopic (exact) mass is 438 g/mol. The highest BCUT2D eigenvalue weighted by Gasteiger charge is 2.27. The molecule has 1 saturated heterocycles. The van der Waals surface area contributed by atoms with Gasteiger partial charge in [0.15, 0.2) is 0 Å². The average molecular weight is 439 g/mol. The maximum atomic E-state index is 12.8. The Labute approximate surface area is 175 Å². The minimum absolute atomic E-state index is 0.109. The average Bonchev–Trinajstić information content (AvgIpc) is 2.72. The van der Waals surface area contributed by atoms with E-state index in [2.05, 4.69) is 5.32 Å². The molecule has 3 rings (SSSR count). The number of halogens is 1. The van der Waals surface area contributed by atoms with Crippen molar-refractivity contribution in [3.8, 4) is 0 Å². The molecule has 0 aliphatic carbocycles. The highest BCUT2D eigenvalue weighted by molar-refractivity contribution is 7.99. The summed E-state index contributed by atoms with van der Waals surface area (Å²) in [5.41, 5.74) is 1.40. The summed E-state index contributed by atoms with van der Waals surface area (Å²) in [4.78, 5) is 12.6. The van der Waals surface area contributed by atoms with E-state index in [1.807, 2.05) is 30.3 Å². The highest BCUT2D eigenvalue weighted by Crippen LogP contribution is 2.25. The van der Waals surface area contributed by atoms with E-state index in [4.69, 9.17) is 11.6 Å². The van der Waals surface area contributed by atoms with Gasteiger partial charge in [0, 0.05) is 31.1 Å². The molecule has 0 aromatic heterocycles. The number of aryl methyl sites for hydroxylation is 1. The number of sulfonamides is 1. The lowest BCUT2D eigenvalue weighted by atomic mass is 10.1. The van der Waals surface area contributed by atoms with Crippen LogP contribution >= 0.6 is 23.4 Å². The molecular formula is C20H23ClN2O3S2. The number of rotatable bonds is 7. The molecule has 0 saturated carbocycles. The van der Waals surface area contributed by atoms with Crippen molar-refractivity contribution in [3.05, 3.63) is 64.7 Å². The smallest absolute Gasteiger partial charge is 0.252 e. The third-order valence-corrected chi connectivity index (χ3v) is 7.73. The van der Waals surface area contributed by atoms with Crippen molar-refractivity contribution in [1.82, 2.24) is 9.62 Å². The van der Waals surface area contributed by atoms with Gasteiger partial charge in [-0.25, -0.2) is 8.42 Å². The van der Waals surface area contributed by atoms with Crippen LogP contribution in [-0.2, 0) is 16.4 Å². The second-order valence-corrected chi connectivity index (χ2v) is 10.1. The van der Waals surface area contributed by atoms with Gasteiger partial charge in [-0.2, -0.15) is 16.1 Å². The van der Waals surface area contributed by atoms with Gasteiger partial charge < -0.3 is 5.32 Å². The summed E-state index contributed by atoms with van der Waals surface area (Å²) in [5.74, 6) is 1.20. The van der Waals surface area contributed by atoms with Crippen molar-refractivity contribution < 1.29 is 13.2 Å². The van der Waals surface area contributed by atoms with Gasteiger partial charge in [0.2, 0.25) is 10.0 Å². The molecule has 0 unspecified atom stereocenters. The Kier molecular flexibility index (Phi) is 7.40. The van der Waals surface area contributed by atoms with E-state index >= 15 is 0 Å². The zero-order chi connectivity index (χ0) is 20.0. The fourth-order valence-corrected chi connectivity index (χ4v) is 5.82. The first kappa shape index (κ1) is 21.2. The van der Waals surface area contributed by atoms with E-state index in [1.54, 1.807) is 11.8 Å². The van der Waals surface area contributed by atoms with Crippen LogP contribution in [0.4, 0.5) is 0 Å². The van der Waals surface area contributed by atoms with E-state index in [0.29, 0.717) is 19.6 Å². The summed E-state index contributed by atoms with van der Waals surface area (Å²) in [7, 11) is -3.61. The molecule has 28 heavy (non-hydrogen) atoms. The Morgan fingerprint density at radius 1 is 1.11 bits per heavy atom. The van der Waals surface area contributed by atoms with E-state index in [9.17, 15) is 13.2 Å². The van der Waals surface area contributed by atoms with Crippen LogP contribution in [0.1, 0.15) is 22.3 Å². The minimum atomic E-state index is -3.61. The normalized spacial score (nSPS) is 15.3. The van der Waals surface area contributed by atoms with Crippen molar-refractivity contribution in [2.75, 3.05) is 31.1 Å². The Morgan fingerprint density at radius 3 is 2.54 bits per heavy atom. The lowest BCUT2D eigenvalue weighted by Gasteiger charge is -2.25. The topological polar surface area (TPSA) is 66.5 Å². The molecule has 2 aromatic carbocycles. The lowest BCUT2D eigenvalue weighted by Crippen LogP contribution is -2.38. The van der Waals surface area contributed by atoms with Crippen molar-refractivity contribution >= 4 is 39.3 Å². The third-order valence-electron chi connectivity index (χ3n) is 4.56. The fourth-order valence-electron chi connectivity index (χ4n) is 3.01. The number of nitrogens with one attached hydrogen (secondary N) is 1. The molecule has 0 radical (unpaired) electrons. The first-order valence-electron chi connectivity index (χ1n) is 9.18. The van der Waals surface area contributed by atoms with Gasteiger partial charge in [-0.05, 0) is 36.6 Å². The van der Waals surface area contributed by atoms with Crippen molar-refractivity contribution in [3.63, 3.8) is 0 Å². The zero-order valence-electron chi connectivity index (χ0n) is 15.4. The summed E-state index contributed by atoms with van der Waals surface area (Å²) in [6, 6.07) is 14.4. The fraction of sp³-hybridized carbons (Fsp3) is 0.350. The number of hydrogen-bond donors (Lipinski definition) is 1. The molecule has 2 aromatic rings. The molecule has 8 heteroatoms. The number of benzene rings is 2. The van der Waals surface area contributed by atoms with Crippen LogP contribution in [0.15, 0.2) is 53.4 Å². The first-order valence-corrected chi connectivity index (χ1v) is 12.2. The summed E-state index contributed by atoms with van der Waals surface area (Å²) in [5, 5.41) is 3.08. The molecule has 1 aliphatic rings. The maximum absolute atomic E-state index is 12.8. The molecule has 0 spiro atoms. The van der Waals surface area contributed by atoms with Crippen LogP contribution in [0.5, 0.6) is 0 Å². The van der Waals surface area contributed by atoms with Crippen LogP contribution in [-0.4, -0.2) is 49.8 Å². The van der Waals surface area contributed by atoms with Gasteiger partial charge in [0.05, 0.1) is 15.5 Å². The van der Waals surface area contributed by atoms with Crippen molar-refractivity contribution in [2.45, 2.75) is 17.7 Å². The maximum Gasteiger partial charge on any atom is 0.252 e. The van der Waals surface area contributed by atoms with E-state index in [1.165, 1.54) is 28.1 Å². The van der Waals surface area contributed by atoms with Gasteiger partial charge in [0.1, 0.15) is 0 Å². The third kappa shape index (κ3) is 5.29. The van der Waals surface area contributed by atoms with E-state index in [0.717, 1.165) is 24.3 Å². The molecule has 1 heterocycles. The number of carbonyl (C=O) groups is 1. The predicted octanol–water partition coefficient (Wildman–Crippen LogP) is 3.44. The van der Waals surface area contributed by atoms with Gasteiger partial charge in [-0.3, -0.25) is 4.79 Å². The molecule has 0 bridgehead atoms. The second kappa shape index (κ2) is 9.78. The lowest BCUT2D eigenvalue weighted by molar-refractivity contribution is 0.0953. The quantitative estimate of drug-likeness (QED) is 0.672. The molecule has 1 aliphatic heterocycles. The number of hydrogen-bond acceptors (Lipinski definition) is 4. The van der Waals surface area contributed by atoms with Gasteiger partial charge >= 0.3 is 0 Å². The Bertz CT molecular complexity index is 914. The summed E-state index contributed by atoms with van der Waals surface area (Å²) >= 11 is 7.90. The molecule has 1 fully saturated rings. The number of amides is 1. The summed E-state index contributed by atoms with van der Waals surface area (Å²) in [6.07, 6.45) is 1.65. The molecule has 1 amide bonds. The summed E-state index contributed by atoms with van der Waals surface area (Å²) < 4.78 is 27.1. The Hall–Kier alpha value is -1.54. The van der Waals surface area contributed by atoms with Gasteiger partial charge in [-0.1, -0.05) is 41.9 Å². The number of nitrogens with zero attached hydrogens (tertiary/aromatic N) is 1. The largest absolute Gasteiger partial charge is 0.352 e. The van der Waals surface area contributed by atoms with Crippen LogP contribution in [0.25, 0.3) is 0 Å². The molecular weight excluding hydrogens is 416 g/mol. The van der Waals surface area contributed by atoms with Crippen LogP contribution in [0.2, 0.25) is 5.02 Å². The molecule has 1 N–H and O–H groups in total. The second-order valence-electron chi connectivity index (χ2n) is 6.50. The van der Waals surface area contributed by atoms with Crippen LogP contribution < -0.4 is 5.32 Å². The predicted molar refractivity (Wildman–Crippen MR) is 115 cm³/mol. The minimum Gasteiger partial charge on any atom is -0.352 e. The molecule has 150 valence electrons. The number of thioether (sulfide) groups is 1. The Balaban J connectivity index is 1.64. The SMILES string of the molecule is O=C(NCCCc1ccccc1)c1cc(S(=O)(=O)N2CCSCC2)ccc1Cl. The van der Waals surface area contributed by atoms with E-state index < -0.39 is 10.0 Å². The van der Waals surface area contributed by atoms with Gasteiger partial charge in [-0.15, -0.1) is 0 Å². The first-order chi connectivity index (χ1) is 13.5. The standard InChI is InChI=1S/C20H23ClN2O3S2/c21-19-9-8-17(28(25,26)23-11-13-27-14-12-23)15-18(19)20(24)22-10-4-7-16-5-2-1-3-6-16/h1-3,5-6,8-9,15H,4,7,10-14H2,(H,22,24). The van der Waals surface area contributed by atoms with Crippen molar-refractivity contribution in [1.29, 1.82) is 0 Å². The van der Waals surface area contributed by atoms with Crippen molar-refractivity contribution in [2.24, 2.45) is 0 Å². The zero-order valence-corrected chi connectivity index (χ0v) is 17.8. The van der Waals surface area contributed by atoms with Crippen LogP contribution in [0, 0.1) is 0 Å². The number of carbonyl (C=O) groups excluding carboxylic acids is 1. The van der Waals surface area contributed by atoms with Crippen LogP contribution in [0.3, 0.4) is 0 Å². The molecule has 0 atom stereocenters. The summed E-state index contributed by atoms with van der Waals surface area (Å²) in [6.45, 7) is 1.46. The van der Waals surface area contributed by atoms with Gasteiger partial charge in [0.25, 0.3) is 5.91 Å². The molecule has 5 nitrogen and oxygen atoms in total. The highest BCUT2D eigenvalue weighted by atomic mass is 35.5. The Morgan fingerprint density at radius 2 is 1.82 bits per heavy atom. The van der Waals surface area contributed by atoms with E-state index in [-0.39, 0.29) is 21.4 Å².